The third-order valence-electron chi connectivity index (χ3n) is 4.66. The molecule has 1 saturated carbocycles. The van der Waals surface area contributed by atoms with Crippen LogP contribution in [-0.4, -0.2) is 34.5 Å². The third-order valence-corrected chi connectivity index (χ3v) is 4.66. The Morgan fingerprint density at radius 1 is 1.22 bits per heavy atom. The van der Waals surface area contributed by atoms with Crippen molar-refractivity contribution in [1.82, 2.24) is 14.8 Å². The van der Waals surface area contributed by atoms with E-state index < -0.39 is 0 Å². The SMILES string of the molecule is C1CC(c2nc3n(n2)C(C2CCOC2)CCN3)C1. The monoisotopic (exact) mass is 248 g/mol. The second-order valence-corrected chi connectivity index (χ2v) is 5.77. The number of hydrogen-bond donors (Lipinski definition) is 1. The van der Waals surface area contributed by atoms with E-state index in [9.17, 15) is 0 Å². The van der Waals surface area contributed by atoms with Gasteiger partial charge in [-0.15, -0.1) is 0 Å². The minimum Gasteiger partial charge on any atom is -0.381 e. The lowest BCUT2D eigenvalue weighted by Crippen LogP contribution is -2.29. The summed E-state index contributed by atoms with van der Waals surface area (Å²) in [5.41, 5.74) is 0. The van der Waals surface area contributed by atoms with Gasteiger partial charge >= 0.3 is 0 Å². The molecule has 1 saturated heterocycles. The highest BCUT2D eigenvalue weighted by Crippen LogP contribution is 2.38. The summed E-state index contributed by atoms with van der Waals surface area (Å²) in [4.78, 5) is 4.69. The summed E-state index contributed by atoms with van der Waals surface area (Å²) in [5.74, 6) is 3.29. The molecule has 5 nitrogen and oxygen atoms in total. The van der Waals surface area contributed by atoms with Gasteiger partial charge in [-0.3, -0.25) is 0 Å². The van der Waals surface area contributed by atoms with E-state index >= 15 is 0 Å². The van der Waals surface area contributed by atoms with Crippen molar-refractivity contribution < 1.29 is 4.74 Å². The summed E-state index contributed by atoms with van der Waals surface area (Å²) in [6.45, 7) is 2.82. The molecule has 0 aromatic carbocycles. The van der Waals surface area contributed by atoms with Gasteiger partial charge < -0.3 is 10.1 Å². The highest BCUT2D eigenvalue weighted by atomic mass is 16.5. The van der Waals surface area contributed by atoms with Gasteiger partial charge in [0.25, 0.3) is 0 Å². The molecule has 0 amide bonds. The molecule has 0 spiro atoms. The molecule has 3 aliphatic rings. The number of anilines is 1. The van der Waals surface area contributed by atoms with Crippen LogP contribution in [0, 0.1) is 5.92 Å². The lowest BCUT2D eigenvalue weighted by Gasteiger charge is -2.28. The average molecular weight is 248 g/mol. The summed E-state index contributed by atoms with van der Waals surface area (Å²) in [6, 6.07) is 0.491. The Hall–Kier alpha value is -1.10. The summed E-state index contributed by atoms with van der Waals surface area (Å²) in [7, 11) is 0. The number of fused-ring (bicyclic) bond motifs is 1. The van der Waals surface area contributed by atoms with Crippen molar-refractivity contribution in [3.05, 3.63) is 5.82 Å². The summed E-state index contributed by atoms with van der Waals surface area (Å²) < 4.78 is 7.68. The van der Waals surface area contributed by atoms with Gasteiger partial charge in [-0.1, -0.05) is 6.42 Å². The Morgan fingerprint density at radius 3 is 2.89 bits per heavy atom. The highest BCUT2D eigenvalue weighted by Gasteiger charge is 2.34. The number of nitrogens with one attached hydrogen (secondary N) is 1. The summed E-state index contributed by atoms with van der Waals surface area (Å²) in [6.07, 6.45) is 6.18. The maximum absolute atomic E-state index is 5.53. The Bertz CT molecular complexity index is 434. The van der Waals surface area contributed by atoms with Crippen LogP contribution in [0.4, 0.5) is 5.95 Å². The molecule has 2 aliphatic heterocycles. The molecule has 5 heteroatoms. The van der Waals surface area contributed by atoms with Crippen LogP contribution in [0.5, 0.6) is 0 Å². The topological polar surface area (TPSA) is 52.0 Å². The van der Waals surface area contributed by atoms with E-state index in [4.69, 9.17) is 14.8 Å². The fourth-order valence-corrected chi connectivity index (χ4v) is 3.28. The molecule has 1 N–H and O–H groups in total. The van der Waals surface area contributed by atoms with Gasteiger partial charge in [0.2, 0.25) is 5.95 Å². The molecule has 4 rings (SSSR count). The molecule has 2 atom stereocenters. The first-order chi connectivity index (χ1) is 8.92. The quantitative estimate of drug-likeness (QED) is 0.869. The number of aromatic nitrogens is 3. The second-order valence-electron chi connectivity index (χ2n) is 5.77. The molecular formula is C13H20N4O. The number of hydrogen-bond acceptors (Lipinski definition) is 4. The van der Waals surface area contributed by atoms with Gasteiger partial charge in [-0.05, 0) is 25.7 Å². The van der Waals surface area contributed by atoms with E-state index in [0.717, 1.165) is 38.0 Å². The number of ether oxygens (including phenoxy) is 1. The van der Waals surface area contributed by atoms with Gasteiger partial charge in [0.1, 0.15) is 0 Å². The zero-order chi connectivity index (χ0) is 11.9. The van der Waals surface area contributed by atoms with Crippen LogP contribution < -0.4 is 5.32 Å². The standard InChI is InChI=1S/C13H20N4O/c1-2-9(3-1)12-15-13-14-6-4-11(17(13)16-12)10-5-7-18-8-10/h9-11H,1-8H2,(H,14,15,16). The van der Waals surface area contributed by atoms with Crippen molar-refractivity contribution in [2.45, 2.75) is 44.1 Å². The molecule has 1 aliphatic carbocycles. The van der Waals surface area contributed by atoms with Gasteiger partial charge in [0.15, 0.2) is 5.82 Å². The van der Waals surface area contributed by atoms with Gasteiger partial charge in [0.05, 0.1) is 12.6 Å². The molecular weight excluding hydrogens is 228 g/mol. The fourth-order valence-electron chi connectivity index (χ4n) is 3.28. The Balaban J connectivity index is 1.63. The van der Waals surface area contributed by atoms with Crippen molar-refractivity contribution in [2.75, 3.05) is 25.1 Å². The molecule has 2 unspecified atom stereocenters. The molecule has 3 heterocycles. The second kappa shape index (κ2) is 4.23. The molecule has 1 aromatic rings. The largest absolute Gasteiger partial charge is 0.381 e. The molecule has 0 radical (unpaired) electrons. The normalized spacial score (nSPS) is 31.8. The van der Waals surface area contributed by atoms with Crippen molar-refractivity contribution in [2.24, 2.45) is 5.92 Å². The Labute approximate surface area is 107 Å². The van der Waals surface area contributed by atoms with E-state index in [1.165, 1.54) is 25.7 Å². The number of rotatable bonds is 2. The fraction of sp³-hybridized carbons (Fsp3) is 0.846. The summed E-state index contributed by atoms with van der Waals surface area (Å²) in [5, 5.41) is 8.17. The van der Waals surface area contributed by atoms with Gasteiger partial charge in [0, 0.05) is 25.0 Å². The number of nitrogens with zero attached hydrogens (tertiary/aromatic N) is 3. The first-order valence-electron chi connectivity index (χ1n) is 7.20. The van der Waals surface area contributed by atoms with Crippen LogP contribution in [0.1, 0.15) is 49.9 Å². The first kappa shape index (κ1) is 10.8. The molecule has 1 aromatic heterocycles. The van der Waals surface area contributed by atoms with Crippen molar-refractivity contribution in [3.63, 3.8) is 0 Å². The lowest BCUT2D eigenvalue weighted by molar-refractivity contribution is 0.167. The first-order valence-corrected chi connectivity index (χ1v) is 7.20. The van der Waals surface area contributed by atoms with E-state index in [2.05, 4.69) is 10.00 Å². The van der Waals surface area contributed by atoms with Crippen LogP contribution in [0.3, 0.4) is 0 Å². The molecule has 0 bridgehead atoms. The zero-order valence-corrected chi connectivity index (χ0v) is 10.6. The minimum absolute atomic E-state index is 0.491. The van der Waals surface area contributed by atoms with E-state index in [-0.39, 0.29) is 0 Å². The lowest BCUT2D eigenvalue weighted by atomic mass is 9.85. The maximum Gasteiger partial charge on any atom is 0.221 e. The van der Waals surface area contributed by atoms with E-state index in [0.29, 0.717) is 17.9 Å². The zero-order valence-electron chi connectivity index (χ0n) is 10.6. The third kappa shape index (κ3) is 1.64. The highest BCUT2D eigenvalue weighted by molar-refractivity contribution is 5.29. The molecule has 98 valence electrons. The molecule has 18 heavy (non-hydrogen) atoms. The van der Waals surface area contributed by atoms with Crippen LogP contribution in [-0.2, 0) is 4.74 Å². The maximum atomic E-state index is 5.53. The van der Waals surface area contributed by atoms with Crippen LogP contribution in [0.2, 0.25) is 0 Å². The van der Waals surface area contributed by atoms with Crippen molar-refractivity contribution in [1.29, 1.82) is 0 Å². The smallest absolute Gasteiger partial charge is 0.221 e. The summed E-state index contributed by atoms with van der Waals surface area (Å²) >= 11 is 0. The van der Waals surface area contributed by atoms with Crippen LogP contribution >= 0.6 is 0 Å². The van der Waals surface area contributed by atoms with Gasteiger partial charge in [-0.25, -0.2) is 4.68 Å². The van der Waals surface area contributed by atoms with E-state index in [1.807, 2.05) is 0 Å². The van der Waals surface area contributed by atoms with Gasteiger partial charge in [-0.2, -0.15) is 10.1 Å². The Morgan fingerprint density at radius 2 is 2.17 bits per heavy atom. The van der Waals surface area contributed by atoms with Crippen LogP contribution in [0.15, 0.2) is 0 Å². The predicted octanol–water partition coefficient (Wildman–Crippen LogP) is 1.94. The van der Waals surface area contributed by atoms with Crippen molar-refractivity contribution >= 4 is 5.95 Å². The average Bonchev–Trinajstić information content (AvgIpc) is 2.94. The molecule has 2 fully saturated rings. The predicted molar refractivity (Wildman–Crippen MR) is 67.7 cm³/mol. The van der Waals surface area contributed by atoms with Crippen molar-refractivity contribution in [3.8, 4) is 0 Å². The van der Waals surface area contributed by atoms with Crippen LogP contribution in [0.25, 0.3) is 0 Å². The minimum atomic E-state index is 0.491. The Kier molecular flexibility index (Phi) is 2.53. The van der Waals surface area contributed by atoms with E-state index in [1.54, 1.807) is 0 Å².